The molecule has 0 aliphatic carbocycles. The van der Waals surface area contributed by atoms with Gasteiger partial charge in [-0.1, -0.05) is 25.4 Å². The Balaban J connectivity index is 0.00000287. The third-order valence-electron chi connectivity index (χ3n) is 6.64. The van der Waals surface area contributed by atoms with E-state index in [1.807, 2.05) is 25.7 Å². The van der Waals surface area contributed by atoms with Gasteiger partial charge in [0.15, 0.2) is 11.5 Å². The number of phenols is 4. The molecule has 3 rings (SSSR count). The van der Waals surface area contributed by atoms with Gasteiger partial charge in [-0.25, -0.2) is 4.79 Å². The van der Waals surface area contributed by atoms with Crippen LogP contribution in [-0.2, 0) is 11.3 Å². The number of hydrogen-bond acceptors (Lipinski definition) is 9. The second kappa shape index (κ2) is 13.4. The lowest BCUT2D eigenvalue weighted by Gasteiger charge is -2.27. The molecule has 2 unspecified atom stereocenters. The maximum absolute atomic E-state index is 13.3. The number of nitrogens with one attached hydrogen (secondary N) is 1. The van der Waals surface area contributed by atoms with Gasteiger partial charge >= 0.3 is 6.09 Å². The van der Waals surface area contributed by atoms with Crippen molar-refractivity contribution >= 4 is 42.6 Å². The average Bonchev–Trinajstić information content (AvgIpc) is 3.26. The molecule has 11 nitrogen and oxygen atoms in total. The molecule has 224 valence electrons. The molecule has 0 spiro atoms. The molecule has 0 aromatic heterocycles. The molecule has 1 saturated heterocycles. The number of carbonyl (C=O) groups excluding carboxylic acids is 2. The smallest absolute Gasteiger partial charge is 0.414 e. The van der Waals surface area contributed by atoms with E-state index in [9.17, 15) is 30.0 Å². The number of amides is 2. The van der Waals surface area contributed by atoms with E-state index in [0.717, 1.165) is 0 Å². The zero-order chi connectivity index (χ0) is 31.4. The van der Waals surface area contributed by atoms with Crippen LogP contribution in [0.15, 0.2) is 12.1 Å². The predicted molar refractivity (Wildman–Crippen MR) is 158 cm³/mol. The van der Waals surface area contributed by atoms with Crippen LogP contribution in [-0.4, -0.2) is 83.6 Å². The zero-order valence-electron chi connectivity index (χ0n) is 24.7. The highest BCUT2D eigenvalue weighted by molar-refractivity contribution is 6.36. The van der Waals surface area contributed by atoms with Crippen molar-refractivity contribution in [1.29, 1.82) is 0 Å². The Morgan fingerprint density at radius 1 is 1.12 bits per heavy atom. The molecule has 1 heterocycles. The van der Waals surface area contributed by atoms with Crippen LogP contribution in [0.25, 0.3) is 0 Å². The normalized spacial score (nSPS) is 16.9. The van der Waals surface area contributed by atoms with Gasteiger partial charge in [0.05, 0.1) is 23.4 Å². The topological polar surface area (TPSA) is 152 Å². The van der Waals surface area contributed by atoms with E-state index in [1.165, 1.54) is 31.2 Å². The van der Waals surface area contributed by atoms with Gasteiger partial charge in [-0.2, -0.15) is 0 Å². The van der Waals surface area contributed by atoms with Crippen molar-refractivity contribution in [3.8, 4) is 28.7 Å². The van der Waals surface area contributed by atoms with E-state index < -0.39 is 40.6 Å². The lowest BCUT2D eigenvalue weighted by atomic mass is 9.87. The largest absolute Gasteiger partial charge is 0.505 e. The number of benzene rings is 2. The fourth-order valence-electron chi connectivity index (χ4n) is 4.37. The Morgan fingerprint density at radius 3 is 2.27 bits per heavy atom. The summed E-state index contributed by atoms with van der Waals surface area (Å²) in [5.41, 5.74) is -0.429. The number of carbonyl (C=O) groups is 2. The summed E-state index contributed by atoms with van der Waals surface area (Å²) in [6.07, 6.45) is -0.0652. The molecule has 13 heteroatoms. The number of nitrogens with zero attached hydrogens (tertiary/aromatic N) is 2. The summed E-state index contributed by atoms with van der Waals surface area (Å²) in [7, 11) is 8.76. The number of anilines is 1. The van der Waals surface area contributed by atoms with Crippen molar-refractivity contribution in [2.45, 2.75) is 72.2 Å². The molecule has 41 heavy (non-hydrogen) atoms. The van der Waals surface area contributed by atoms with Gasteiger partial charge in [0.25, 0.3) is 5.91 Å². The number of halogens is 1. The summed E-state index contributed by atoms with van der Waals surface area (Å²) in [4.78, 5) is 28.9. The van der Waals surface area contributed by atoms with E-state index >= 15 is 0 Å². The minimum absolute atomic E-state index is 0.0491. The van der Waals surface area contributed by atoms with E-state index in [-0.39, 0.29) is 46.0 Å². The lowest BCUT2D eigenvalue weighted by Crippen LogP contribution is -2.43. The number of ether oxygens (including phenoxy) is 2. The highest BCUT2D eigenvalue weighted by atomic mass is 35.5. The van der Waals surface area contributed by atoms with E-state index in [2.05, 4.69) is 5.32 Å². The molecule has 2 aromatic carbocycles. The number of aromatic hydroxyl groups is 4. The lowest BCUT2D eigenvalue weighted by molar-refractivity contribution is 0.0589. The first kappa shape index (κ1) is 33.7. The zero-order valence-corrected chi connectivity index (χ0v) is 25.5. The van der Waals surface area contributed by atoms with Crippen LogP contribution in [0.4, 0.5) is 10.5 Å². The van der Waals surface area contributed by atoms with Gasteiger partial charge in [0, 0.05) is 43.9 Å². The first-order valence-corrected chi connectivity index (χ1v) is 13.6. The van der Waals surface area contributed by atoms with Crippen LogP contribution in [0.1, 0.15) is 63.9 Å². The monoisotopic (exact) mass is 591 g/mol. The summed E-state index contributed by atoms with van der Waals surface area (Å²) in [6, 6.07) is 2.36. The Morgan fingerprint density at radius 2 is 1.71 bits per heavy atom. The summed E-state index contributed by atoms with van der Waals surface area (Å²) in [6.45, 7) is 11.7. The van der Waals surface area contributed by atoms with Crippen molar-refractivity contribution < 1.29 is 39.5 Å². The second-order valence-corrected chi connectivity index (χ2v) is 10.8. The average molecular weight is 592 g/mol. The van der Waals surface area contributed by atoms with E-state index in [4.69, 9.17) is 28.9 Å². The molecule has 1 aliphatic heterocycles. The Labute approximate surface area is 247 Å². The van der Waals surface area contributed by atoms with Crippen LogP contribution in [0.5, 0.6) is 28.7 Å². The second-order valence-electron chi connectivity index (χ2n) is 10.4. The van der Waals surface area contributed by atoms with E-state index in [1.54, 1.807) is 20.8 Å². The summed E-state index contributed by atoms with van der Waals surface area (Å²) >= 11 is 6.45. The third-order valence-corrected chi connectivity index (χ3v) is 6.95. The molecule has 2 atom stereocenters. The maximum atomic E-state index is 13.3. The predicted octanol–water partition coefficient (Wildman–Crippen LogP) is 3.76. The Kier molecular flexibility index (Phi) is 11.0. The van der Waals surface area contributed by atoms with Gasteiger partial charge in [-0.05, 0) is 45.6 Å². The molecule has 1 aliphatic rings. The summed E-state index contributed by atoms with van der Waals surface area (Å²) < 4.78 is 10.8. The number of rotatable bonds is 6. The SMILES string of the molecule is CC.[B]c1c(O)c(O)c(O)c(O)c1CN1CCC(NC(=O)c2cc(Cl)c(N(C)C(=O)OC(C)(C)C)cc2OC)C1C. The van der Waals surface area contributed by atoms with Crippen molar-refractivity contribution in [2.24, 2.45) is 0 Å². The van der Waals surface area contributed by atoms with Crippen LogP contribution in [0.3, 0.4) is 0 Å². The fraction of sp³-hybridized carbons (Fsp3) is 0.500. The number of phenolic OH excluding ortho intramolecular Hbond substituents is 4. The Hall–Kier alpha value is -3.51. The van der Waals surface area contributed by atoms with E-state index in [0.29, 0.717) is 18.7 Å². The maximum Gasteiger partial charge on any atom is 0.414 e. The quantitative estimate of drug-likeness (QED) is 0.192. The van der Waals surface area contributed by atoms with Crippen LogP contribution in [0.2, 0.25) is 5.02 Å². The standard InChI is InChI=1S/C26H33BClN3O8.C2H6/c1-12-16(7-8-31(12)11-14-19(27)21(33)23(35)22(34)20(14)32)29-24(36)13-9-15(28)17(10-18(13)38-6)30(5)25(37)39-26(2,3)4;1-2/h9-10,12,16,32-35H,7-8,11H2,1-6H3,(H,29,36);1-2H3. The van der Waals surface area contributed by atoms with Crippen molar-refractivity contribution in [3.05, 3.63) is 28.3 Å². The molecular formula is C28H39BClN3O8. The minimum atomic E-state index is -0.899. The molecule has 2 aromatic rings. The van der Waals surface area contributed by atoms with Gasteiger partial charge in [0.1, 0.15) is 19.2 Å². The van der Waals surface area contributed by atoms with Crippen molar-refractivity contribution in [1.82, 2.24) is 10.2 Å². The van der Waals surface area contributed by atoms with Crippen LogP contribution >= 0.6 is 11.6 Å². The highest BCUT2D eigenvalue weighted by Gasteiger charge is 2.34. The molecule has 2 radical (unpaired) electrons. The van der Waals surface area contributed by atoms with Gasteiger partial charge < -0.3 is 35.2 Å². The van der Waals surface area contributed by atoms with Crippen LogP contribution < -0.4 is 20.4 Å². The van der Waals surface area contributed by atoms with Crippen molar-refractivity contribution in [2.75, 3.05) is 25.6 Å². The fourth-order valence-corrected chi connectivity index (χ4v) is 4.66. The number of methoxy groups -OCH3 is 1. The number of likely N-dealkylation sites (tertiary alicyclic amines) is 1. The van der Waals surface area contributed by atoms with Gasteiger partial charge in [-0.3, -0.25) is 14.6 Å². The number of hydrogen-bond donors (Lipinski definition) is 5. The van der Waals surface area contributed by atoms with Gasteiger partial charge in [-0.15, -0.1) is 0 Å². The highest BCUT2D eigenvalue weighted by Crippen LogP contribution is 2.43. The first-order valence-electron chi connectivity index (χ1n) is 13.2. The summed E-state index contributed by atoms with van der Waals surface area (Å²) in [5, 5.41) is 42.9. The van der Waals surface area contributed by atoms with Crippen LogP contribution in [0, 0.1) is 0 Å². The first-order chi connectivity index (χ1) is 19.1. The molecule has 0 bridgehead atoms. The molecular weight excluding hydrogens is 553 g/mol. The molecule has 1 fully saturated rings. The minimum Gasteiger partial charge on any atom is -0.505 e. The molecule has 0 saturated carbocycles. The Bertz CT molecular complexity index is 1260. The summed E-state index contributed by atoms with van der Waals surface area (Å²) in [5.74, 6) is -3.35. The van der Waals surface area contributed by atoms with Crippen molar-refractivity contribution in [3.63, 3.8) is 0 Å². The third kappa shape index (κ3) is 7.42. The molecule has 2 amide bonds. The molecule has 5 N–H and O–H groups in total. The van der Waals surface area contributed by atoms with Gasteiger partial charge in [0.2, 0.25) is 11.5 Å².